The summed E-state index contributed by atoms with van der Waals surface area (Å²) >= 11 is 12.1. The maximum Gasteiger partial charge on any atom is 0.270 e. The summed E-state index contributed by atoms with van der Waals surface area (Å²) in [4.78, 5) is 28.5. The molecule has 0 aliphatic carbocycles. The van der Waals surface area contributed by atoms with Crippen LogP contribution in [0.2, 0.25) is 10.0 Å². The van der Waals surface area contributed by atoms with Crippen LogP contribution in [0.4, 0.5) is 5.69 Å². The summed E-state index contributed by atoms with van der Waals surface area (Å²) in [5.41, 5.74) is 0.789. The lowest BCUT2D eigenvalue weighted by Crippen LogP contribution is -2.32. The lowest BCUT2D eigenvalue weighted by molar-refractivity contribution is 0.0934. The van der Waals surface area contributed by atoms with Crippen LogP contribution in [0.15, 0.2) is 36.5 Å². The van der Waals surface area contributed by atoms with E-state index >= 15 is 0 Å². The van der Waals surface area contributed by atoms with Crippen molar-refractivity contribution in [2.24, 2.45) is 0 Å². The summed E-state index contributed by atoms with van der Waals surface area (Å²) in [7, 11) is 0. The van der Waals surface area contributed by atoms with Gasteiger partial charge in [0.2, 0.25) is 0 Å². The standard InChI is InChI=1S/C17H17Cl2N3O2/c1-3-10(2)21-17(24)14-9-11(7-8-20-14)16(23)22-15-12(18)5-4-6-13(15)19/h4-10H,3H2,1-2H3,(H,21,24)(H,22,23). The summed E-state index contributed by atoms with van der Waals surface area (Å²) in [6.07, 6.45) is 2.21. The molecule has 1 aromatic heterocycles. The molecule has 2 N–H and O–H groups in total. The molecule has 5 nitrogen and oxygen atoms in total. The predicted octanol–water partition coefficient (Wildman–Crippen LogP) is 4.17. The van der Waals surface area contributed by atoms with Crippen molar-refractivity contribution in [2.75, 3.05) is 5.32 Å². The molecule has 2 rings (SSSR count). The van der Waals surface area contributed by atoms with Crippen molar-refractivity contribution in [3.63, 3.8) is 0 Å². The van der Waals surface area contributed by atoms with E-state index in [9.17, 15) is 9.59 Å². The van der Waals surface area contributed by atoms with Gasteiger partial charge in [-0.2, -0.15) is 0 Å². The third-order valence-electron chi connectivity index (χ3n) is 3.45. The Morgan fingerprint density at radius 2 is 1.83 bits per heavy atom. The highest BCUT2D eigenvalue weighted by atomic mass is 35.5. The Bertz CT molecular complexity index is 745. The van der Waals surface area contributed by atoms with Gasteiger partial charge in [0.15, 0.2) is 0 Å². The number of carbonyl (C=O) groups is 2. The number of amides is 2. The summed E-state index contributed by atoms with van der Waals surface area (Å²) in [5, 5.41) is 6.12. The Labute approximate surface area is 150 Å². The first kappa shape index (κ1) is 18.2. The summed E-state index contributed by atoms with van der Waals surface area (Å²) in [6, 6.07) is 7.90. The van der Waals surface area contributed by atoms with Crippen LogP contribution in [0.25, 0.3) is 0 Å². The molecule has 0 aliphatic heterocycles. The van der Waals surface area contributed by atoms with Crippen molar-refractivity contribution in [3.05, 3.63) is 57.8 Å². The molecule has 0 spiro atoms. The summed E-state index contributed by atoms with van der Waals surface area (Å²) < 4.78 is 0. The molecule has 1 unspecified atom stereocenters. The number of hydrogen-bond donors (Lipinski definition) is 2. The molecule has 1 aromatic carbocycles. The number of pyridine rings is 1. The van der Waals surface area contributed by atoms with E-state index in [0.29, 0.717) is 15.7 Å². The number of hydrogen-bond acceptors (Lipinski definition) is 3. The van der Waals surface area contributed by atoms with E-state index < -0.39 is 5.91 Å². The second-order valence-electron chi connectivity index (χ2n) is 5.26. The average molecular weight is 366 g/mol. The SMILES string of the molecule is CCC(C)NC(=O)c1cc(C(=O)Nc2c(Cl)cccc2Cl)ccn1. The van der Waals surface area contributed by atoms with Crippen LogP contribution < -0.4 is 10.6 Å². The van der Waals surface area contributed by atoms with Crippen molar-refractivity contribution in [3.8, 4) is 0 Å². The number of carbonyl (C=O) groups excluding carboxylic acids is 2. The molecule has 0 radical (unpaired) electrons. The molecule has 0 saturated heterocycles. The Morgan fingerprint density at radius 3 is 2.46 bits per heavy atom. The van der Waals surface area contributed by atoms with E-state index in [1.54, 1.807) is 18.2 Å². The van der Waals surface area contributed by atoms with Crippen LogP contribution in [0.3, 0.4) is 0 Å². The normalized spacial score (nSPS) is 11.7. The van der Waals surface area contributed by atoms with Crippen LogP contribution in [0.5, 0.6) is 0 Å². The number of para-hydroxylation sites is 1. The average Bonchev–Trinajstić information content (AvgIpc) is 2.58. The maximum atomic E-state index is 12.4. The molecular weight excluding hydrogens is 349 g/mol. The Hall–Kier alpha value is -2.11. The van der Waals surface area contributed by atoms with Crippen molar-refractivity contribution in [1.82, 2.24) is 10.3 Å². The topological polar surface area (TPSA) is 71.1 Å². The minimum Gasteiger partial charge on any atom is -0.348 e. The van der Waals surface area contributed by atoms with Crippen molar-refractivity contribution in [1.29, 1.82) is 0 Å². The maximum absolute atomic E-state index is 12.4. The lowest BCUT2D eigenvalue weighted by Gasteiger charge is -2.12. The highest BCUT2D eigenvalue weighted by Crippen LogP contribution is 2.30. The molecule has 0 bridgehead atoms. The first-order chi connectivity index (χ1) is 11.4. The highest BCUT2D eigenvalue weighted by molar-refractivity contribution is 6.40. The zero-order valence-corrected chi connectivity index (χ0v) is 14.8. The van der Waals surface area contributed by atoms with Gasteiger partial charge in [0.05, 0.1) is 15.7 Å². The van der Waals surface area contributed by atoms with Gasteiger partial charge in [-0.25, -0.2) is 0 Å². The van der Waals surface area contributed by atoms with Gasteiger partial charge in [0, 0.05) is 17.8 Å². The van der Waals surface area contributed by atoms with Gasteiger partial charge >= 0.3 is 0 Å². The Balaban J connectivity index is 2.19. The third kappa shape index (κ3) is 4.46. The second kappa shape index (κ2) is 8.13. The van der Waals surface area contributed by atoms with Gasteiger partial charge in [-0.05, 0) is 37.6 Å². The lowest BCUT2D eigenvalue weighted by atomic mass is 10.2. The van der Waals surface area contributed by atoms with E-state index in [4.69, 9.17) is 23.2 Å². The fraction of sp³-hybridized carbons (Fsp3) is 0.235. The number of anilines is 1. The minimum atomic E-state index is -0.426. The quantitative estimate of drug-likeness (QED) is 0.834. The van der Waals surface area contributed by atoms with Crippen molar-refractivity contribution < 1.29 is 9.59 Å². The number of nitrogens with zero attached hydrogens (tertiary/aromatic N) is 1. The third-order valence-corrected chi connectivity index (χ3v) is 4.08. The molecule has 7 heteroatoms. The van der Waals surface area contributed by atoms with Crippen LogP contribution in [0, 0.1) is 0 Å². The van der Waals surface area contributed by atoms with Gasteiger partial charge in [0.1, 0.15) is 5.69 Å². The van der Waals surface area contributed by atoms with Crippen LogP contribution >= 0.6 is 23.2 Å². The molecule has 0 saturated carbocycles. The van der Waals surface area contributed by atoms with Crippen LogP contribution in [-0.2, 0) is 0 Å². The molecule has 2 amide bonds. The number of aromatic nitrogens is 1. The van der Waals surface area contributed by atoms with E-state index in [1.807, 2.05) is 13.8 Å². The zero-order valence-electron chi connectivity index (χ0n) is 13.3. The Morgan fingerprint density at radius 1 is 1.17 bits per heavy atom. The van der Waals surface area contributed by atoms with Gasteiger partial charge in [-0.1, -0.05) is 36.2 Å². The zero-order chi connectivity index (χ0) is 17.7. The van der Waals surface area contributed by atoms with Gasteiger partial charge in [0.25, 0.3) is 11.8 Å². The molecule has 0 fully saturated rings. The fourth-order valence-electron chi connectivity index (χ4n) is 1.90. The van der Waals surface area contributed by atoms with Crippen LogP contribution in [-0.4, -0.2) is 22.8 Å². The van der Waals surface area contributed by atoms with E-state index in [1.165, 1.54) is 18.3 Å². The van der Waals surface area contributed by atoms with E-state index in [-0.39, 0.29) is 23.2 Å². The molecule has 126 valence electrons. The number of rotatable bonds is 5. The molecule has 1 heterocycles. The predicted molar refractivity (Wildman–Crippen MR) is 95.9 cm³/mol. The number of halogens is 2. The van der Waals surface area contributed by atoms with E-state index in [2.05, 4.69) is 15.6 Å². The van der Waals surface area contributed by atoms with Crippen molar-refractivity contribution >= 4 is 40.7 Å². The van der Waals surface area contributed by atoms with Crippen LogP contribution in [0.1, 0.15) is 41.1 Å². The van der Waals surface area contributed by atoms with Crippen molar-refractivity contribution in [2.45, 2.75) is 26.3 Å². The van der Waals surface area contributed by atoms with Gasteiger partial charge in [-0.15, -0.1) is 0 Å². The second-order valence-corrected chi connectivity index (χ2v) is 6.08. The molecule has 24 heavy (non-hydrogen) atoms. The monoisotopic (exact) mass is 365 g/mol. The molecule has 1 atom stereocenters. The number of benzene rings is 1. The first-order valence-electron chi connectivity index (χ1n) is 7.44. The summed E-state index contributed by atoms with van der Waals surface area (Å²) in [6.45, 7) is 3.86. The Kier molecular flexibility index (Phi) is 6.17. The largest absolute Gasteiger partial charge is 0.348 e. The first-order valence-corrected chi connectivity index (χ1v) is 8.20. The molecule has 0 aliphatic rings. The fourth-order valence-corrected chi connectivity index (χ4v) is 2.39. The summed E-state index contributed by atoms with van der Waals surface area (Å²) in [5.74, 6) is -0.750. The van der Waals surface area contributed by atoms with Gasteiger partial charge in [-0.3, -0.25) is 14.6 Å². The highest BCUT2D eigenvalue weighted by Gasteiger charge is 2.15. The molecular formula is C17H17Cl2N3O2. The smallest absolute Gasteiger partial charge is 0.270 e. The van der Waals surface area contributed by atoms with Gasteiger partial charge < -0.3 is 10.6 Å². The minimum absolute atomic E-state index is 0.0266. The molecule has 2 aromatic rings. The number of nitrogens with one attached hydrogen (secondary N) is 2. The van der Waals surface area contributed by atoms with E-state index in [0.717, 1.165) is 6.42 Å².